The Morgan fingerprint density at radius 2 is 2.10 bits per heavy atom. The zero-order chi connectivity index (χ0) is 14.7. The van der Waals surface area contributed by atoms with E-state index in [1.165, 1.54) is 22.3 Å². The van der Waals surface area contributed by atoms with Gasteiger partial charge in [-0.2, -0.15) is 0 Å². The molecule has 3 nitrogen and oxygen atoms in total. The highest BCUT2D eigenvalue weighted by atomic mass is 14.8. The third-order valence-electron chi connectivity index (χ3n) is 4.23. The fraction of sp³-hybridized carbons (Fsp3) is 0.333. The van der Waals surface area contributed by atoms with Gasteiger partial charge in [0.05, 0.1) is 5.69 Å². The van der Waals surface area contributed by atoms with Crippen LogP contribution in [0.3, 0.4) is 0 Å². The molecule has 0 amide bonds. The van der Waals surface area contributed by atoms with Crippen LogP contribution in [-0.2, 0) is 6.42 Å². The number of nitrogens with one attached hydrogen (secondary N) is 1. The Bertz CT molecular complexity index is 647. The fourth-order valence-electron chi connectivity index (χ4n) is 3.17. The Labute approximate surface area is 126 Å². The van der Waals surface area contributed by atoms with E-state index in [9.17, 15) is 0 Å². The fourth-order valence-corrected chi connectivity index (χ4v) is 3.17. The zero-order valence-corrected chi connectivity index (χ0v) is 12.6. The van der Waals surface area contributed by atoms with Crippen molar-refractivity contribution in [3.05, 3.63) is 65.2 Å². The minimum Gasteiger partial charge on any atom is -0.319 e. The molecule has 1 N–H and O–H groups in total. The Balaban J connectivity index is 2.01. The Hall–Kier alpha value is -2.00. The van der Waals surface area contributed by atoms with Crippen molar-refractivity contribution in [1.29, 1.82) is 0 Å². The Kier molecular flexibility index (Phi) is 4.11. The van der Waals surface area contributed by atoms with Crippen LogP contribution in [0, 0.1) is 0 Å². The molecule has 0 radical (unpaired) electrons. The topological polar surface area (TPSA) is 37.8 Å². The van der Waals surface area contributed by atoms with Gasteiger partial charge in [0.1, 0.15) is 0 Å². The van der Waals surface area contributed by atoms with Crippen LogP contribution in [0.4, 0.5) is 0 Å². The molecule has 1 heterocycles. The monoisotopic (exact) mass is 279 g/mol. The average molecular weight is 279 g/mol. The number of hydrogen-bond donors (Lipinski definition) is 1. The second kappa shape index (κ2) is 6.19. The summed E-state index contributed by atoms with van der Waals surface area (Å²) in [5, 5.41) is 3.26. The highest BCUT2D eigenvalue weighted by molar-refractivity contribution is 5.80. The van der Waals surface area contributed by atoms with Crippen molar-refractivity contribution in [2.24, 2.45) is 0 Å². The van der Waals surface area contributed by atoms with Crippen LogP contribution in [0.2, 0.25) is 0 Å². The van der Waals surface area contributed by atoms with E-state index in [0.29, 0.717) is 0 Å². The molecule has 0 aliphatic heterocycles. The number of nitrogens with zero attached hydrogens (tertiary/aromatic N) is 2. The van der Waals surface area contributed by atoms with Gasteiger partial charge in [-0.3, -0.25) is 9.97 Å². The molecule has 1 atom stereocenters. The number of hydrogen-bond acceptors (Lipinski definition) is 3. The average Bonchev–Trinajstić information content (AvgIpc) is 2.91. The second-order valence-electron chi connectivity index (χ2n) is 5.56. The molecule has 0 saturated heterocycles. The molecule has 21 heavy (non-hydrogen) atoms. The van der Waals surface area contributed by atoms with Gasteiger partial charge in [-0.25, -0.2) is 0 Å². The molecule has 108 valence electrons. The van der Waals surface area contributed by atoms with E-state index in [1.54, 1.807) is 12.4 Å². The maximum atomic E-state index is 4.50. The van der Waals surface area contributed by atoms with Crippen LogP contribution in [0.25, 0.3) is 5.57 Å². The molecule has 1 aromatic carbocycles. The highest BCUT2D eigenvalue weighted by Crippen LogP contribution is 2.42. The summed E-state index contributed by atoms with van der Waals surface area (Å²) in [6.07, 6.45) is 7.55. The van der Waals surface area contributed by atoms with Crippen LogP contribution < -0.4 is 5.32 Å². The predicted molar refractivity (Wildman–Crippen MR) is 86.1 cm³/mol. The first-order valence-corrected chi connectivity index (χ1v) is 7.52. The summed E-state index contributed by atoms with van der Waals surface area (Å²) in [4.78, 5) is 8.72. The van der Waals surface area contributed by atoms with Gasteiger partial charge in [-0.05, 0) is 43.1 Å². The van der Waals surface area contributed by atoms with E-state index in [-0.39, 0.29) is 5.92 Å². The van der Waals surface area contributed by atoms with Crippen molar-refractivity contribution in [2.75, 3.05) is 13.6 Å². The summed E-state index contributed by atoms with van der Waals surface area (Å²) in [5.74, 6) is 0.286. The summed E-state index contributed by atoms with van der Waals surface area (Å²) >= 11 is 0. The summed E-state index contributed by atoms with van der Waals surface area (Å²) in [6.45, 7) is 3.25. The second-order valence-corrected chi connectivity index (χ2v) is 5.56. The minimum atomic E-state index is 0.286. The summed E-state index contributed by atoms with van der Waals surface area (Å²) in [7, 11) is 2.01. The summed E-state index contributed by atoms with van der Waals surface area (Å²) in [5.41, 5.74) is 6.85. The van der Waals surface area contributed by atoms with E-state index in [4.69, 9.17) is 0 Å². The molecule has 1 aromatic heterocycles. The van der Waals surface area contributed by atoms with Crippen molar-refractivity contribution in [1.82, 2.24) is 15.3 Å². The molecule has 1 aliphatic rings. The Morgan fingerprint density at radius 1 is 1.24 bits per heavy atom. The van der Waals surface area contributed by atoms with Gasteiger partial charge in [0.15, 0.2) is 0 Å². The minimum absolute atomic E-state index is 0.286. The third-order valence-corrected chi connectivity index (χ3v) is 4.23. The normalized spacial score (nSPS) is 15.1. The van der Waals surface area contributed by atoms with Crippen LogP contribution >= 0.6 is 0 Å². The van der Waals surface area contributed by atoms with Crippen LogP contribution in [0.15, 0.2) is 48.4 Å². The van der Waals surface area contributed by atoms with Crippen molar-refractivity contribution in [3.63, 3.8) is 0 Å². The van der Waals surface area contributed by atoms with Crippen LogP contribution in [0.1, 0.15) is 36.1 Å². The molecule has 3 heteroatoms. The van der Waals surface area contributed by atoms with E-state index >= 15 is 0 Å². The standard InChI is InChI=1S/C18H21N3/c1-13(17-12-20-9-10-21-17)18-15(7-8-19-2)11-14-5-3-4-6-16(14)18/h3-6,9-10,12-13,19H,7-8,11H2,1-2H3. The van der Waals surface area contributed by atoms with Gasteiger partial charge < -0.3 is 5.32 Å². The van der Waals surface area contributed by atoms with E-state index in [2.05, 4.69) is 46.5 Å². The summed E-state index contributed by atoms with van der Waals surface area (Å²) in [6, 6.07) is 8.74. The van der Waals surface area contributed by atoms with E-state index in [1.807, 2.05) is 13.2 Å². The first kappa shape index (κ1) is 14.0. The maximum absolute atomic E-state index is 4.50. The third kappa shape index (κ3) is 2.74. The van der Waals surface area contributed by atoms with Gasteiger partial charge in [-0.15, -0.1) is 0 Å². The van der Waals surface area contributed by atoms with Crippen molar-refractivity contribution in [2.45, 2.75) is 25.7 Å². The largest absolute Gasteiger partial charge is 0.319 e. The molecule has 1 unspecified atom stereocenters. The molecule has 0 spiro atoms. The lowest BCUT2D eigenvalue weighted by molar-refractivity contribution is 0.772. The number of allylic oxidation sites excluding steroid dienone is 1. The lowest BCUT2D eigenvalue weighted by Crippen LogP contribution is -2.09. The number of fused-ring (bicyclic) bond motifs is 1. The molecule has 3 rings (SSSR count). The molecule has 1 aliphatic carbocycles. The molecule has 0 saturated carbocycles. The molecular formula is C18H21N3. The molecular weight excluding hydrogens is 258 g/mol. The first-order valence-electron chi connectivity index (χ1n) is 7.52. The van der Waals surface area contributed by atoms with Crippen molar-refractivity contribution in [3.8, 4) is 0 Å². The lowest BCUT2D eigenvalue weighted by atomic mass is 9.90. The SMILES string of the molecule is CNCCC1=C(C(C)c2cnccn2)c2ccccc2C1. The number of rotatable bonds is 5. The van der Waals surface area contributed by atoms with Gasteiger partial charge >= 0.3 is 0 Å². The molecule has 0 bridgehead atoms. The first-order chi connectivity index (χ1) is 10.3. The zero-order valence-electron chi connectivity index (χ0n) is 12.6. The number of benzene rings is 1. The van der Waals surface area contributed by atoms with Crippen molar-refractivity contribution < 1.29 is 0 Å². The molecule has 2 aromatic rings. The lowest BCUT2D eigenvalue weighted by Gasteiger charge is -2.16. The van der Waals surface area contributed by atoms with E-state index < -0.39 is 0 Å². The number of aromatic nitrogens is 2. The van der Waals surface area contributed by atoms with Crippen LogP contribution in [0.5, 0.6) is 0 Å². The van der Waals surface area contributed by atoms with Gasteiger partial charge in [0.2, 0.25) is 0 Å². The maximum Gasteiger partial charge on any atom is 0.0658 e. The quantitative estimate of drug-likeness (QED) is 0.913. The summed E-state index contributed by atoms with van der Waals surface area (Å²) < 4.78 is 0. The van der Waals surface area contributed by atoms with E-state index in [0.717, 1.165) is 25.1 Å². The van der Waals surface area contributed by atoms with Crippen LogP contribution in [-0.4, -0.2) is 23.6 Å². The van der Waals surface area contributed by atoms with Gasteiger partial charge in [0, 0.05) is 24.5 Å². The Morgan fingerprint density at radius 3 is 2.86 bits per heavy atom. The smallest absolute Gasteiger partial charge is 0.0658 e. The van der Waals surface area contributed by atoms with Gasteiger partial charge in [-0.1, -0.05) is 36.8 Å². The van der Waals surface area contributed by atoms with Crippen molar-refractivity contribution >= 4 is 5.57 Å². The predicted octanol–water partition coefficient (Wildman–Crippen LogP) is 3.20. The van der Waals surface area contributed by atoms with Gasteiger partial charge in [0.25, 0.3) is 0 Å². The molecule has 0 fully saturated rings. The highest BCUT2D eigenvalue weighted by Gasteiger charge is 2.26.